The number of hydrogen-bond acceptors (Lipinski definition) is 9. The van der Waals surface area contributed by atoms with Crippen LogP contribution in [0.5, 0.6) is 0 Å². The second-order valence-electron chi connectivity index (χ2n) is 9.83. The zero-order valence-corrected chi connectivity index (χ0v) is 21.8. The Morgan fingerprint density at radius 1 is 1.21 bits per heavy atom. The summed E-state index contributed by atoms with van der Waals surface area (Å²) in [6.45, 7) is 6.28. The number of nitrogens with zero attached hydrogens (tertiary/aromatic N) is 5. The van der Waals surface area contributed by atoms with Crippen LogP contribution in [0.2, 0.25) is 0 Å². The van der Waals surface area contributed by atoms with Gasteiger partial charge in [0.05, 0.1) is 31.9 Å². The summed E-state index contributed by atoms with van der Waals surface area (Å²) in [7, 11) is 0. The van der Waals surface area contributed by atoms with Gasteiger partial charge >= 0.3 is 6.09 Å². The predicted octanol–water partition coefficient (Wildman–Crippen LogP) is 2.09. The Hall–Kier alpha value is -4.10. The number of carbonyl (C=O) groups excluding carboxylic acids is 3. The molecule has 5 rings (SSSR count). The Balaban J connectivity index is 1.21. The van der Waals surface area contributed by atoms with Crippen molar-refractivity contribution in [2.45, 2.75) is 38.8 Å². The minimum absolute atomic E-state index is 0.184. The Kier molecular flexibility index (Phi) is 7.19. The van der Waals surface area contributed by atoms with Gasteiger partial charge < -0.3 is 24.4 Å². The number of carbonyl (C=O) groups is 3. The summed E-state index contributed by atoms with van der Waals surface area (Å²) in [4.78, 5) is 43.6. The van der Waals surface area contributed by atoms with Gasteiger partial charge in [-0.25, -0.2) is 19.2 Å². The lowest BCUT2D eigenvalue weighted by Crippen LogP contribution is -2.45. The SMILES string of the molecule is CC(=O)NC[C@H]1CN(c2ccc(-c3ccc(N4C=NN(C(=O)C5COC(C)(C)O5)CC4)nc3)c(F)c2)C(=O)O1. The zero-order valence-electron chi connectivity index (χ0n) is 21.8. The molecule has 3 amide bonds. The number of rotatable bonds is 6. The highest BCUT2D eigenvalue weighted by molar-refractivity contribution is 5.90. The first-order valence-electron chi connectivity index (χ1n) is 12.5. The molecule has 0 radical (unpaired) electrons. The second kappa shape index (κ2) is 10.6. The first kappa shape index (κ1) is 26.5. The van der Waals surface area contributed by atoms with E-state index in [9.17, 15) is 14.4 Å². The van der Waals surface area contributed by atoms with E-state index < -0.39 is 29.9 Å². The molecule has 39 heavy (non-hydrogen) atoms. The van der Waals surface area contributed by atoms with Crippen molar-refractivity contribution in [1.82, 2.24) is 15.3 Å². The summed E-state index contributed by atoms with van der Waals surface area (Å²) >= 11 is 0. The number of halogens is 1. The van der Waals surface area contributed by atoms with Gasteiger partial charge in [-0.1, -0.05) is 0 Å². The van der Waals surface area contributed by atoms with Crippen molar-refractivity contribution in [3.05, 3.63) is 42.3 Å². The van der Waals surface area contributed by atoms with Crippen molar-refractivity contribution in [2.24, 2.45) is 5.10 Å². The van der Waals surface area contributed by atoms with Gasteiger partial charge in [0.2, 0.25) is 5.91 Å². The van der Waals surface area contributed by atoms with Crippen LogP contribution in [0.25, 0.3) is 11.1 Å². The third kappa shape index (κ3) is 5.83. The maximum absolute atomic E-state index is 15.1. The van der Waals surface area contributed by atoms with Gasteiger partial charge in [-0.2, -0.15) is 5.10 Å². The van der Waals surface area contributed by atoms with Gasteiger partial charge in [0, 0.05) is 30.8 Å². The molecule has 3 aliphatic heterocycles. The van der Waals surface area contributed by atoms with Crippen molar-refractivity contribution >= 4 is 35.8 Å². The van der Waals surface area contributed by atoms with Gasteiger partial charge in [-0.15, -0.1) is 0 Å². The fraction of sp³-hybridized carbons (Fsp3) is 0.423. The molecule has 4 heterocycles. The molecule has 1 aromatic carbocycles. The highest BCUT2D eigenvalue weighted by Crippen LogP contribution is 2.30. The predicted molar refractivity (Wildman–Crippen MR) is 138 cm³/mol. The number of nitrogens with one attached hydrogen (secondary N) is 1. The maximum Gasteiger partial charge on any atom is 0.414 e. The largest absolute Gasteiger partial charge is 0.442 e. The van der Waals surface area contributed by atoms with Crippen LogP contribution in [0.3, 0.4) is 0 Å². The molecule has 13 heteroatoms. The van der Waals surface area contributed by atoms with Crippen molar-refractivity contribution in [3.63, 3.8) is 0 Å². The molecule has 0 aliphatic carbocycles. The van der Waals surface area contributed by atoms with Crippen LogP contribution in [0, 0.1) is 5.82 Å². The molecule has 2 atom stereocenters. The number of cyclic esters (lactones) is 1. The van der Waals surface area contributed by atoms with E-state index in [1.807, 2.05) is 0 Å². The van der Waals surface area contributed by atoms with Crippen LogP contribution in [-0.4, -0.2) is 85.0 Å². The van der Waals surface area contributed by atoms with Crippen molar-refractivity contribution < 1.29 is 33.0 Å². The van der Waals surface area contributed by atoms with E-state index in [1.165, 1.54) is 29.2 Å². The van der Waals surface area contributed by atoms with E-state index in [-0.39, 0.29) is 31.5 Å². The van der Waals surface area contributed by atoms with Crippen molar-refractivity contribution in [1.29, 1.82) is 0 Å². The van der Waals surface area contributed by atoms with Crippen LogP contribution in [0.4, 0.5) is 20.7 Å². The van der Waals surface area contributed by atoms with Gasteiger partial charge in [0.1, 0.15) is 24.1 Å². The Labute approximate surface area is 224 Å². The molecule has 1 aromatic heterocycles. The zero-order chi connectivity index (χ0) is 27.7. The molecule has 1 unspecified atom stereocenters. The molecule has 0 saturated carbocycles. The molecule has 12 nitrogen and oxygen atoms in total. The summed E-state index contributed by atoms with van der Waals surface area (Å²) in [6, 6.07) is 7.97. The van der Waals surface area contributed by atoms with Crippen molar-refractivity contribution in [3.8, 4) is 11.1 Å². The van der Waals surface area contributed by atoms with E-state index in [0.717, 1.165) is 0 Å². The number of anilines is 2. The molecule has 2 aromatic rings. The Morgan fingerprint density at radius 3 is 2.64 bits per heavy atom. The van der Waals surface area contributed by atoms with Crippen LogP contribution in [0.1, 0.15) is 20.8 Å². The van der Waals surface area contributed by atoms with Gasteiger partial charge in [-0.3, -0.25) is 14.5 Å². The minimum Gasteiger partial charge on any atom is -0.442 e. The van der Waals surface area contributed by atoms with Crippen LogP contribution < -0.4 is 15.1 Å². The topological polar surface area (TPSA) is 126 Å². The summed E-state index contributed by atoms with van der Waals surface area (Å²) < 4.78 is 31.4. The van der Waals surface area contributed by atoms with Crippen LogP contribution >= 0.6 is 0 Å². The fourth-order valence-electron chi connectivity index (χ4n) is 4.48. The number of aromatic nitrogens is 1. The number of benzene rings is 1. The van der Waals surface area contributed by atoms with E-state index in [0.29, 0.717) is 35.7 Å². The molecule has 3 aliphatic rings. The summed E-state index contributed by atoms with van der Waals surface area (Å²) in [5.41, 5.74) is 1.24. The summed E-state index contributed by atoms with van der Waals surface area (Å²) in [6.07, 6.45) is 1.27. The fourth-order valence-corrected chi connectivity index (χ4v) is 4.48. The smallest absolute Gasteiger partial charge is 0.414 e. The highest BCUT2D eigenvalue weighted by atomic mass is 19.1. The van der Waals surface area contributed by atoms with E-state index in [4.69, 9.17) is 14.2 Å². The first-order valence-corrected chi connectivity index (χ1v) is 12.5. The number of amides is 3. The van der Waals surface area contributed by atoms with E-state index in [2.05, 4.69) is 15.4 Å². The highest BCUT2D eigenvalue weighted by Gasteiger charge is 2.39. The first-order chi connectivity index (χ1) is 18.6. The molecular formula is C26H29FN6O6. The summed E-state index contributed by atoms with van der Waals surface area (Å²) in [5, 5.41) is 8.20. The average molecular weight is 541 g/mol. The van der Waals surface area contributed by atoms with Crippen LogP contribution in [-0.2, 0) is 23.8 Å². The Bertz CT molecular complexity index is 1300. The summed E-state index contributed by atoms with van der Waals surface area (Å²) in [5.74, 6) is -1.20. The maximum atomic E-state index is 15.1. The number of pyridine rings is 1. The normalized spacial score (nSPS) is 22.3. The van der Waals surface area contributed by atoms with E-state index >= 15 is 4.39 Å². The number of hydrogen-bond donors (Lipinski definition) is 1. The lowest BCUT2D eigenvalue weighted by atomic mass is 10.1. The molecule has 2 saturated heterocycles. The number of ether oxygens (including phenoxy) is 3. The lowest BCUT2D eigenvalue weighted by Gasteiger charge is -2.29. The van der Waals surface area contributed by atoms with Crippen LogP contribution in [0.15, 0.2) is 41.6 Å². The third-order valence-electron chi connectivity index (χ3n) is 6.49. The third-order valence-corrected chi connectivity index (χ3v) is 6.49. The average Bonchev–Trinajstić information content (AvgIpc) is 3.48. The number of hydrazone groups is 1. The molecule has 2 fully saturated rings. The van der Waals surface area contributed by atoms with Gasteiger partial charge in [0.15, 0.2) is 11.9 Å². The van der Waals surface area contributed by atoms with Gasteiger partial charge in [-0.05, 0) is 44.2 Å². The lowest BCUT2D eigenvalue weighted by molar-refractivity contribution is -0.160. The molecule has 1 N–H and O–H groups in total. The standard InChI is InChI=1S/C26H29FN6O6/c1-16(34)28-12-19-13-32(25(36)38-19)18-5-6-20(21(27)10-18)17-4-7-23(29-11-17)31-8-9-33(30-15-31)24(35)22-14-37-26(2,3)39-22/h4-7,10-11,15,19,22H,8-9,12-14H2,1-3H3,(H,28,34)/t19-,22?/m0/s1. The molecule has 206 valence electrons. The minimum atomic E-state index is -0.797. The molecular weight excluding hydrogens is 511 g/mol. The molecule has 0 bridgehead atoms. The van der Waals surface area contributed by atoms with Crippen molar-refractivity contribution in [2.75, 3.05) is 42.6 Å². The van der Waals surface area contributed by atoms with Gasteiger partial charge in [0.25, 0.3) is 5.91 Å². The quantitative estimate of drug-likeness (QED) is 0.591. The monoisotopic (exact) mass is 540 g/mol. The molecule has 0 spiro atoms. The van der Waals surface area contributed by atoms with E-state index in [1.54, 1.807) is 49.2 Å². The second-order valence-corrected chi connectivity index (χ2v) is 9.83. The Morgan fingerprint density at radius 2 is 2.03 bits per heavy atom.